The molecule has 1 rings (SSSR count). The van der Waals surface area contributed by atoms with E-state index in [0.717, 1.165) is 17.9 Å². The van der Waals surface area contributed by atoms with Gasteiger partial charge in [0.05, 0.1) is 12.0 Å². The Labute approximate surface area is 121 Å². The molecule has 0 amide bonds. The topological polar surface area (TPSA) is 56.5 Å². The third-order valence-electron chi connectivity index (χ3n) is 3.10. The molecular formula is C16H24N2O2. The van der Waals surface area contributed by atoms with Crippen molar-refractivity contribution in [3.05, 3.63) is 29.8 Å². The molecule has 4 heteroatoms. The SMILES string of the molecule is CCN(CC(C)C#N)CC(O)COc1cccc(C)c1. The molecule has 0 heterocycles. The number of hydrogen-bond acceptors (Lipinski definition) is 4. The van der Waals surface area contributed by atoms with E-state index in [4.69, 9.17) is 10.00 Å². The van der Waals surface area contributed by atoms with Crippen molar-refractivity contribution in [2.24, 2.45) is 5.92 Å². The highest BCUT2D eigenvalue weighted by Gasteiger charge is 2.13. The highest BCUT2D eigenvalue weighted by molar-refractivity contribution is 5.27. The van der Waals surface area contributed by atoms with Gasteiger partial charge in [-0.3, -0.25) is 4.90 Å². The Bertz CT molecular complexity index is 442. The first-order chi connectivity index (χ1) is 9.55. The fraction of sp³-hybridized carbons (Fsp3) is 0.562. The fourth-order valence-electron chi connectivity index (χ4n) is 2.01. The van der Waals surface area contributed by atoms with Gasteiger partial charge < -0.3 is 9.84 Å². The lowest BCUT2D eigenvalue weighted by Crippen LogP contribution is -2.37. The summed E-state index contributed by atoms with van der Waals surface area (Å²) in [6, 6.07) is 9.98. The summed E-state index contributed by atoms with van der Waals surface area (Å²) < 4.78 is 5.58. The molecule has 0 radical (unpaired) electrons. The molecular weight excluding hydrogens is 252 g/mol. The number of rotatable bonds is 8. The first-order valence-corrected chi connectivity index (χ1v) is 7.04. The first kappa shape index (κ1) is 16.5. The molecule has 110 valence electrons. The lowest BCUT2D eigenvalue weighted by Gasteiger charge is -2.24. The number of hydrogen-bond donors (Lipinski definition) is 1. The van der Waals surface area contributed by atoms with Crippen LogP contribution in [0.5, 0.6) is 5.75 Å². The standard InChI is InChI=1S/C16H24N2O2/c1-4-18(10-14(3)9-17)11-15(19)12-20-16-7-5-6-13(2)8-16/h5-8,14-15,19H,4,10-12H2,1-3H3. The zero-order chi connectivity index (χ0) is 15.0. The Morgan fingerprint density at radius 2 is 2.15 bits per heavy atom. The van der Waals surface area contributed by atoms with Gasteiger partial charge in [0.2, 0.25) is 0 Å². The summed E-state index contributed by atoms with van der Waals surface area (Å²) in [5.41, 5.74) is 1.13. The Kier molecular flexibility index (Phi) is 7.06. The van der Waals surface area contributed by atoms with Crippen molar-refractivity contribution < 1.29 is 9.84 Å². The van der Waals surface area contributed by atoms with Gasteiger partial charge in [-0.2, -0.15) is 5.26 Å². The summed E-state index contributed by atoms with van der Waals surface area (Å²) in [7, 11) is 0. The maximum absolute atomic E-state index is 10.0. The summed E-state index contributed by atoms with van der Waals surface area (Å²) in [5, 5.41) is 18.8. The number of benzene rings is 1. The normalized spacial score (nSPS) is 13.8. The molecule has 1 aromatic carbocycles. The van der Waals surface area contributed by atoms with Crippen LogP contribution in [-0.4, -0.2) is 42.4 Å². The Morgan fingerprint density at radius 3 is 2.75 bits per heavy atom. The van der Waals surface area contributed by atoms with E-state index in [2.05, 4.69) is 11.0 Å². The van der Waals surface area contributed by atoms with Crippen molar-refractivity contribution in [2.45, 2.75) is 26.9 Å². The zero-order valence-electron chi connectivity index (χ0n) is 12.5. The van der Waals surface area contributed by atoms with Gasteiger partial charge in [0, 0.05) is 13.1 Å². The van der Waals surface area contributed by atoms with Crippen LogP contribution in [0.25, 0.3) is 0 Å². The van der Waals surface area contributed by atoms with Crippen molar-refractivity contribution in [3.8, 4) is 11.8 Å². The average Bonchev–Trinajstić information content (AvgIpc) is 2.44. The van der Waals surface area contributed by atoms with E-state index in [1.165, 1.54) is 0 Å². The predicted molar refractivity (Wildman–Crippen MR) is 79.6 cm³/mol. The molecule has 1 N–H and O–H groups in total. The number of nitrogens with zero attached hydrogens (tertiary/aromatic N) is 2. The molecule has 1 aromatic rings. The van der Waals surface area contributed by atoms with Crippen LogP contribution in [-0.2, 0) is 0 Å². The second kappa shape index (κ2) is 8.57. The summed E-state index contributed by atoms with van der Waals surface area (Å²) >= 11 is 0. The van der Waals surface area contributed by atoms with Crippen LogP contribution in [0.15, 0.2) is 24.3 Å². The second-order valence-corrected chi connectivity index (χ2v) is 5.16. The molecule has 2 atom stereocenters. The Balaban J connectivity index is 2.38. The van der Waals surface area contributed by atoms with Crippen molar-refractivity contribution >= 4 is 0 Å². The van der Waals surface area contributed by atoms with E-state index in [1.807, 2.05) is 45.0 Å². The zero-order valence-corrected chi connectivity index (χ0v) is 12.5. The van der Waals surface area contributed by atoms with Gasteiger partial charge in [-0.1, -0.05) is 19.1 Å². The Morgan fingerprint density at radius 1 is 1.40 bits per heavy atom. The number of aliphatic hydroxyl groups excluding tert-OH is 1. The van der Waals surface area contributed by atoms with E-state index in [1.54, 1.807) is 0 Å². The summed E-state index contributed by atoms with van der Waals surface area (Å²) in [5.74, 6) is 0.748. The number of ether oxygens (including phenoxy) is 1. The average molecular weight is 276 g/mol. The minimum absolute atomic E-state index is 0.0279. The van der Waals surface area contributed by atoms with Crippen molar-refractivity contribution in [2.75, 3.05) is 26.2 Å². The van der Waals surface area contributed by atoms with Crippen molar-refractivity contribution in [3.63, 3.8) is 0 Å². The smallest absolute Gasteiger partial charge is 0.119 e. The van der Waals surface area contributed by atoms with Crippen LogP contribution < -0.4 is 4.74 Å². The van der Waals surface area contributed by atoms with E-state index < -0.39 is 6.10 Å². The minimum Gasteiger partial charge on any atom is -0.491 e. The monoisotopic (exact) mass is 276 g/mol. The number of aliphatic hydroxyl groups is 1. The lowest BCUT2D eigenvalue weighted by atomic mass is 10.2. The van der Waals surface area contributed by atoms with E-state index in [-0.39, 0.29) is 12.5 Å². The second-order valence-electron chi connectivity index (χ2n) is 5.16. The van der Waals surface area contributed by atoms with Gasteiger partial charge >= 0.3 is 0 Å². The maximum Gasteiger partial charge on any atom is 0.119 e. The molecule has 0 aliphatic carbocycles. The van der Waals surface area contributed by atoms with E-state index in [0.29, 0.717) is 13.1 Å². The van der Waals surface area contributed by atoms with Gasteiger partial charge in [0.25, 0.3) is 0 Å². The molecule has 0 bridgehead atoms. The Hall–Kier alpha value is -1.57. The largest absolute Gasteiger partial charge is 0.491 e. The van der Waals surface area contributed by atoms with E-state index in [9.17, 15) is 5.11 Å². The summed E-state index contributed by atoms with van der Waals surface area (Å²) in [6.07, 6.45) is -0.554. The van der Waals surface area contributed by atoms with Crippen LogP contribution in [0, 0.1) is 24.2 Å². The van der Waals surface area contributed by atoms with Gasteiger partial charge in [-0.05, 0) is 38.1 Å². The lowest BCUT2D eigenvalue weighted by molar-refractivity contribution is 0.0675. The molecule has 0 fully saturated rings. The predicted octanol–water partition coefficient (Wildman–Crippen LogP) is 2.22. The van der Waals surface area contributed by atoms with Crippen LogP contribution >= 0.6 is 0 Å². The molecule has 0 aromatic heterocycles. The number of likely N-dealkylation sites (N-methyl/N-ethyl adjacent to an activating group) is 1. The fourth-order valence-corrected chi connectivity index (χ4v) is 2.01. The molecule has 0 aliphatic heterocycles. The first-order valence-electron chi connectivity index (χ1n) is 7.04. The molecule has 0 aliphatic rings. The molecule has 4 nitrogen and oxygen atoms in total. The molecule has 0 saturated carbocycles. The minimum atomic E-state index is -0.554. The quantitative estimate of drug-likeness (QED) is 0.791. The van der Waals surface area contributed by atoms with Crippen LogP contribution in [0.3, 0.4) is 0 Å². The van der Waals surface area contributed by atoms with Crippen molar-refractivity contribution in [1.82, 2.24) is 4.90 Å². The van der Waals surface area contributed by atoms with E-state index >= 15 is 0 Å². The van der Waals surface area contributed by atoms with Gasteiger partial charge in [-0.15, -0.1) is 0 Å². The molecule has 0 spiro atoms. The molecule has 2 unspecified atom stereocenters. The highest BCUT2D eigenvalue weighted by atomic mass is 16.5. The highest BCUT2D eigenvalue weighted by Crippen LogP contribution is 2.12. The maximum atomic E-state index is 10.0. The van der Waals surface area contributed by atoms with Crippen LogP contribution in [0.2, 0.25) is 0 Å². The third-order valence-corrected chi connectivity index (χ3v) is 3.10. The molecule has 20 heavy (non-hydrogen) atoms. The number of aryl methyl sites for hydroxylation is 1. The molecule has 0 saturated heterocycles. The summed E-state index contributed by atoms with van der Waals surface area (Å²) in [4.78, 5) is 2.07. The van der Waals surface area contributed by atoms with Gasteiger partial charge in [0.15, 0.2) is 0 Å². The third kappa shape index (κ3) is 6.05. The van der Waals surface area contributed by atoms with Gasteiger partial charge in [0.1, 0.15) is 18.5 Å². The van der Waals surface area contributed by atoms with Gasteiger partial charge in [-0.25, -0.2) is 0 Å². The van der Waals surface area contributed by atoms with Crippen molar-refractivity contribution in [1.29, 1.82) is 5.26 Å². The number of nitriles is 1. The van der Waals surface area contributed by atoms with Crippen LogP contribution in [0.4, 0.5) is 0 Å². The van der Waals surface area contributed by atoms with Crippen LogP contribution in [0.1, 0.15) is 19.4 Å². The summed E-state index contributed by atoms with van der Waals surface area (Å²) in [6.45, 7) is 8.19.